The van der Waals surface area contributed by atoms with E-state index in [-0.39, 0.29) is 12.5 Å². The largest absolute Gasteiger partial charge is 0.464 e. The molecule has 3 nitrogen and oxygen atoms in total. The van der Waals surface area contributed by atoms with Gasteiger partial charge in [0.05, 0.1) is 13.2 Å². The highest BCUT2D eigenvalue weighted by molar-refractivity contribution is 5.71. The number of nitrogens with one attached hydrogen (secondary N) is 1. The summed E-state index contributed by atoms with van der Waals surface area (Å²) in [6, 6.07) is 2.21. The summed E-state index contributed by atoms with van der Waals surface area (Å²) >= 11 is 0. The molecule has 3 heteroatoms. The van der Waals surface area contributed by atoms with Crippen LogP contribution in [0.25, 0.3) is 0 Å². The number of likely N-dealkylation sites (N-methyl/N-ethyl adjacent to an activating group) is 1. The fourth-order valence-corrected chi connectivity index (χ4v) is 2.14. The highest BCUT2D eigenvalue weighted by atomic mass is 16.5. The molecule has 0 unspecified atom stereocenters. The lowest BCUT2D eigenvalue weighted by Gasteiger charge is -2.15. The average molecular weight is 249 g/mol. The van der Waals surface area contributed by atoms with Crippen molar-refractivity contribution >= 4 is 5.97 Å². The number of esters is 1. The van der Waals surface area contributed by atoms with Crippen LogP contribution in [0.4, 0.5) is 0 Å². The summed E-state index contributed by atoms with van der Waals surface area (Å²) in [5.41, 5.74) is 6.53. The van der Waals surface area contributed by atoms with Crippen molar-refractivity contribution in [3.8, 4) is 0 Å². The van der Waals surface area contributed by atoms with Gasteiger partial charge >= 0.3 is 5.97 Å². The van der Waals surface area contributed by atoms with E-state index in [1.165, 1.54) is 27.8 Å². The minimum Gasteiger partial charge on any atom is -0.464 e. The van der Waals surface area contributed by atoms with Crippen LogP contribution in [0.5, 0.6) is 0 Å². The van der Waals surface area contributed by atoms with Crippen LogP contribution in [-0.2, 0) is 16.0 Å². The van der Waals surface area contributed by atoms with Gasteiger partial charge in [-0.25, -0.2) is 0 Å². The first-order chi connectivity index (χ1) is 8.47. The zero-order chi connectivity index (χ0) is 13.7. The van der Waals surface area contributed by atoms with Crippen LogP contribution in [0, 0.1) is 27.7 Å². The summed E-state index contributed by atoms with van der Waals surface area (Å²) in [6.07, 6.45) is 0.787. The molecule has 18 heavy (non-hydrogen) atoms. The Balaban J connectivity index is 2.70. The molecule has 1 rings (SSSR count). The Morgan fingerprint density at radius 3 is 2.22 bits per heavy atom. The first kappa shape index (κ1) is 14.7. The third-order valence-corrected chi connectivity index (χ3v) is 3.46. The first-order valence-corrected chi connectivity index (χ1v) is 6.33. The molecule has 0 amide bonds. The maximum Gasteiger partial charge on any atom is 0.319 e. The Morgan fingerprint density at radius 2 is 1.72 bits per heavy atom. The molecule has 0 saturated heterocycles. The van der Waals surface area contributed by atoms with E-state index < -0.39 is 0 Å². The zero-order valence-corrected chi connectivity index (χ0v) is 12.0. The molecule has 100 valence electrons. The number of ether oxygens (including phenoxy) is 1. The second-order valence-electron chi connectivity index (χ2n) is 4.74. The molecule has 0 bridgehead atoms. The van der Waals surface area contributed by atoms with Gasteiger partial charge in [-0.3, -0.25) is 4.79 Å². The van der Waals surface area contributed by atoms with Gasteiger partial charge in [-0.15, -0.1) is 0 Å². The Morgan fingerprint density at radius 1 is 1.17 bits per heavy atom. The third-order valence-electron chi connectivity index (χ3n) is 3.46. The molecule has 1 aromatic rings. The molecule has 0 fully saturated rings. The Kier molecular flexibility index (Phi) is 5.35. The van der Waals surface area contributed by atoms with Crippen LogP contribution >= 0.6 is 0 Å². The second kappa shape index (κ2) is 6.55. The van der Waals surface area contributed by atoms with E-state index in [1.807, 2.05) is 0 Å². The third kappa shape index (κ3) is 3.57. The number of benzene rings is 1. The van der Waals surface area contributed by atoms with Gasteiger partial charge in [0.2, 0.25) is 0 Å². The van der Waals surface area contributed by atoms with Gasteiger partial charge in [-0.1, -0.05) is 6.07 Å². The number of aryl methyl sites for hydroxylation is 2. The quantitative estimate of drug-likeness (QED) is 0.813. The predicted molar refractivity (Wildman–Crippen MR) is 74.0 cm³/mol. The molecule has 0 heterocycles. The first-order valence-electron chi connectivity index (χ1n) is 6.33. The molecule has 0 aliphatic carbocycles. The monoisotopic (exact) mass is 249 g/mol. The van der Waals surface area contributed by atoms with Crippen LogP contribution < -0.4 is 5.32 Å². The molecule has 0 atom stereocenters. The number of carbonyl (C=O) groups is 1. The van der Waals surface area contributed by atoms with Crippen molar-refractivity contribution in [1.29, 1.82) is 0 Å². The summed E-state index contributed by atoms with van der Waals surface area (Å²) in [7, 11) is 1.74. The van der Waals surface area contributed by atoms with E-state index in [2.05, 4.69) is 39.1 Å². The molecular formula is C15H23NO2. The fraction of sp³-hybridized carbons (Fsp3) is 0.533. The maximum absolute atomic E-state index is 11.3. The van der Waals surface area contributed by atoms with Crippen molar-refractivity contribution in [2.45, 2.75) is 34.1 Å². The molecule has 0 spiro atoms. The SMILES string of the molecule is CNCC(=O)OCCc1c(C)c(C)cc(C)c1C. The lowest BCUT2D eigenvalue weighted by Crippen LogP contribution is -2.22. The molecule has 0 aliphatic heterocycles. The summed E-state index contributed by atoms with van der Waals surface area (Å²) in [4.78, 5) is 11.3. The van der Waals surface area contributed by atoms with Gasteiger partial charge in [-0.2, -0.15) is 0 Å². The van der Waals surface area contributed by atoms with E-state index in [0.717, 1.165) is 6.42 Å². The topological polar surface area (TPSA) is 38.3 Å². The van der Waals surface area contributed by atoms with E-state index in [1.54, 1.807) is 7.05 Å². The molecule has 0 aromatic heterocycles. The van der Waals surface area contributed by atoms with Gasteiger partial charge < -0.3 is 10.1 Å². The van der Waals surface area contributed by atoms with E-state index in [4.69, 9.17) is 4.74 Å². The van der Waals surface area contributed by atoms with Gasteiger partial charge in [0.1, 0.15) is 0 Å². The van der Waals surface area contributed by atoms with E-state index >= 15 is 0 Å². The molecule has 0 aliphatic rings. The van der Waals surface area contributed by atoms with Crippen LogP contribution in [0.15, 0.2) is 6.07 Å². The molecule has 0 saturated carbocycles. The van der Waals surface area contributed by atoms with Crippen LogP contribution in [0.1, 0.15) is 27.8 Å². The zero-order valence-electron chi connectivity index (χ0n) is 12.0. The molecule has 0 radical (unpaired) electrons. The van der Waals surface area contributed by atoms with Crippen molar-refractivity contribution in [3.05, 3.63) is 33.9 Å². The minimum absolute atomic E-state index is 0.197. The van der Waals surface area contributed by atoms with Crippen molar-refractivity contribution in [3.63, 3.8) is 0 Å². The number of hydrogen-bond donors (Lipinski definition) is 1. The fourth-order valence-electron chi connectivity index (χ4n) is 2.14. The normalized spacial score (nSPS) is 10.5. The summed E-state index contributed by atoms with van der Waals surface area (Å²) < 4.78 is 5.17. The average Bonchev–Trinajstić information content (AvgIpc) is 2.31. The standard InChI is InChI=1S/C15H23NO2/c1-10-8-11(2)13(4)14(12(10)3)6-7-18-15(17)9-16-5/h8,16H,6-7,9H2,1-5H3. The van der Waals surface area contributed by atoms with Gasteiger partial charge in [0.25, 0.3) is 0 Å². The van der Waals surface area contributed by atoms with E-state index in [9.17, 15) is 4.79 Å². The van der Waals surface area contributed by atoms with Crippen LogP contribution in [0.3, 0.4) is 0 Å². The number of rotatable bonds is 5. The number of carbonyl (C=O) groups excluding carboxylic acids is 1. The van der Waals surface area contributed by atoms with Gasteiger partial charge in [0.15, 0.2) is 0 Å². The highest BCUT2D eigenvalue weighted by Crippen LogP contribution is 2.22. The van der Waals surface area contributed by atoms with Crippen molar-refractivity contribution in [2.24, 2.45) is 0 Å². The smallest absolute Gasteiger partial charge is 0.319 e. The Labute approximate surface area is 110 Å². The summed E-state index contributed by atoms with van der Waals surface area (Å²) in [5, 5.41) is 2.78. The lowest BCUT2D eigenvalue weighted by atomic mass is 9.92. The molecule has 1 N–H and O–H groups in total. The van der Waals surface area contributed by atoms with Crippen LogP contribution in [0.2, 0.25) is 0 Å². The van der Waals surface area contributed by atoms with Gasteiger partial charge in [-0.05, 0) is 62.6 Å². The second-order valence-corrected chi connectivity index (χ2v) is 4.74. The Bertz CT molecular complexity index is 412. The van der Waals surface area contributed by atoms with E-state index in [0.29, 0.717) is 6.61 Å². The van der Waals surface area contributed by atoms with Crippen molar-refractivity contribution < 1.29 is 9.53 Å². The minimum atomic E-state index is -0.197. The molecule has 1 aromatic carbocycles. The Hall–Kier alpha value is -1.35. The van der Waals surface area contributed by atoms with Crippen LogP contribution in [-0.4, -0.2) is 26.2 Å². The van der Waals surface area contributed by atoms with Gasteiger partial charge in [0, 0.05) is 6.42 Å². The maximum atomic E-state index is 11.3. The summed E-state index contributed by atoms with van der Waals surface area (Å²) in [5.74, 6) is -0.197. The number of hydrogen-bond acceptors (Lipinski definition) is 3. The highest BCUT2D eigenvalue weighted by Gasteiger charge is 2.09. The summed E-state index contributed by atoms with van der Waals surface area (Å²) in [6.45, 7) is 9.23. The lowest BCUT2D eigenvalue weighted by molar-refractivity contribution is -0.142. The van der Waals surface area contributed by atoms with Crippen molar-refractivity contribution in [2.75, 3.05) is 20.2 Å². The predicted octanol–water partition coefficient (Wildman–Crippen LogP) is 2.23. The molecular weight excluding hydrogens is 226 g/mol. The van der Waals surface area contributed by atoms with Crippen molar-refractivity contribution in [1.82, 2.24) is 5.32 Å².